The summed E-state index contributed by atoms with van der Waals surface area (Å²) in [6.07, 6.45) is 0. The van der Waals surface area contributed by atoms with Gasteiger partial charge < -0.3 is 15.3 Å². The third-order valence-corrected chi connectivity index (χ3v) is 3.12. The number of anilines is 1. The lowest BCUT2D eigenvalue weighted by Gasteiger charge is -2.31. The summed E-state index contributed by atoms with van der Waals surface area (Å²) in [5.74, 6) is -1.05. The van der Waals surface area contributed by atoms with Gasteiger partial charge in [0, 0.05) is 12.4 Å². The first-order chi connectivity index (χ1) is 7.35. The second-order valence-electron chi connectivity index (χ2n) is 3.87. The Labute approximate surface area is 97.7 Å². The number of nitrogens with one attached hydrogen (secondary N) is 1. The van der Waals surface area contributed by atoms with E-state index in [2.05, 4.69) is 5.32 Å². The monoisotopic (exact) mass is 242 g/mol. The highest BCUT2D eigenvalue weighted by Crippen LogP contribution is 2.16. The van der Waals surface area contributed by atoms with Crippen LogP contribution < -0.4 is 5.32 Å². The number of hydrogen-bond acceptors (Lipinski definition) is 3. The van der Waals surface area contributed by atoms with Gasteiger partial charge in [-0.2, -0.15) is 11.3 Å². The topological polar surface area (TPSA) is 69.6 Å². The van der Waals surface area contributed by atoms with Crippen LogP contribution in [0.5, 0.6) is 0 Å². The fourth-order valence-corrected chi connectivity index (χ4v) is 1.53. The molecule has 5 nitrogen and oxygen atoms in total. The molecule has 2 amide bonds. The second-order valence-corrected chi connectivity index (χ2v) is 4.65. The van der Waals surface area contributed by atoms with Gasteiger partial charge in [-0.25, -0.2) is 9.59 Å². The van der Waals surface area contributed by atoms with Crippen LogP contribution in [0.1, 0.15) is 13.8 Å². The van der Waals surface area contributed by atoms with E-state index in [4.69, 9.17) is 5.11 Å². The van der Waals surface area contributed by atoms with Crippen molar-refractivity contribution in [1.29, 1.82) is 0 Å². The molecule has 2 N–H and O–H groups in total. The Kier molecular flexibility index (Phi) is 3.54. The Morgan fingerprint density at radius 1 is 1.50 bits per heavy atom. The van der Waals surface area contributed by atoms with Crippen LogP contribution in [0.15, 0.2) is 16.8 Å². The van der Waals surface area contributed by atoms with Crippen LogP contribution in [-0.2, 0) is 4.79 Å². The molecule has 0 bridgehead atoms. The summed E-state index contributed by atoms with van der Waals surface area (Å²) in [5, 5.41) is 15.2. The molecule has 0 unspecified atom stereocenters. The Bertz CT molecular complexity index is 387. The normalized spacial score (nSPS) is 10.9. The van der Waals surface area contributed by atoms with Gasteiger partial charge in [0.2, 0.25) is 0 Å². The molecule has 0 aliphatic heterocycles. The molecule has 1 aromatic heterocycles. The maximum Gasteiger partial charge on any atom is 0.329 e. The van der Waals surface area contributed by atoms with Gasteiger partial charge in [-0.05, 0) is 25.3 Å². The summed E-state index contributed by atoms with van der Waals surface area (Å²) in [5.41, 5.74) is -0.567. The lowest BCUT2D eigenvalue weighted by molar-refractivity contribution is -0.146. The average Bonchev–Trinajstić information content (AvgIpc) is 2.68. The first-order valence-corrected chi connectivity index (χ1v) is 5.60. The number of carbonyl (C=O) groups excluding carboxylic acids is 1. The standard InChI is InChI=1S/C10H14N2O3S/c1-10(2,8(13)14)12(3)9(15)11-7-4-5-16-6-7/h4-6H,1-3H3,(H,11,15)(H,13,14). The van der Waals surface area contributed by atoms with Gasteiger partial charge in [0.05, 0.1) is 5.69 Å². The minimum Gasteiger partial charge on any atom is -0.480 e. The highest BCUT2D eigenvalue weighted by Gasteiger charge is 2.35. The molecule has 16 heavy (non-hydrogen) atoms. The van der Waals surface area contributed by atoms with Crippen molar-refractivity contribution >= 4 is 29.0 Å². The minimum absolute atomic E-state index is 0.439. The Morgan fingerprint density at radius 3 is 2.56 bits per heavy atom. The highest BCUT2D eigenvalue weighted by molar-refractivity contribution is 7.08. The van der Waals surface area contributed by atoms with Crippen LogP contribution in [0.2, 0.25) is 0 Å². The van der Waals surface area contributed by atoms with E-state index in [0.717, 1.165) is 4.90 Å². The van der Waals surface area contributed by atoms with Gasteiger partial charge in [-0.1, -0.05) is 0 Å². The molecule has 1 heterocycles. The highest BCUT2D eigenvalue weighted by atomic mass is 32.1. The Balaban J connectivity index is 2.71. The van der Waals surface area contributed by atoms with Crippen LogP contribution >= 0.6 is 11.3 Å². The zero-order chi connectivity index (χ0) is 12.3. The zero-order valence-electron chi connectivity index (χ0n) is 9.35. The first-order valence-electron chi connectivity index (χ1n) is 4.66. The van der Waals surface area contributed by atoms with E-state index in [1.807, 2.05) is 5.38 Å². The summed E-state index contributed by atoms with van der Waals surface area (Å²) in [6, 6.07) is 1.32. The van der Waals surface area contributed by atoms with Crippen LogP contribution in [0, 0.1) is 0 Å². The number of nitrogens with zero attached hydrogens (tertiary/aromatic N) is 1. The second kappa shape index (κ2) is 4.52. The minimum atomic E-state index is -1.24. The third-order valence-electron chi connectivity index (χ3n) is 2.44. The maximum atomic E-state index is 11.7. The molecule has 0 saturated heterocycles. The van der Waals surface area contributed by atoms with Gasteiger partial charge in [-0.15, -0.1) is 0 Å². The molecule has 88 valence electrons. The maximum absolute atomic E-state index is 11.7. The van der Waals surface area contributed by atoms with E-state index in [0.29, 0.717) is 5.69 Å². The SMILES string of the molecule is CN(C(=O)Nc1ccsc1)C(C)(C)C(=O)O. The molecule has 0 aliphatic rings. The molecule has 1 aromatic rings. The first kappa shape index (κ1) is 12.5. The van der Waals surface area contributed by atoms with Gasteiger partial charge in [0.1, 0.15) is 5.54 Å². The average molecular weight is 242 g/mol. The van der Waals surface area contributed by atoms with Crippen LogP contribution in [0.4, 0.5) is 10.5 Å². The molecule has 0 fully saturated rings. The summed E-state index contributed by atoms with van der Waals surface area (Å²) in [7, 11) is 1.45. The van der Waals surface area contributed by atoms with Crippen molar-refractivity contribution in [2.75, 3.05) is 12.4 Å². The largest absolute Gasteiger partial charge is 0.480 e. The number of aliphatic carboxylic acids is 1. The Hall–Kier alpha value is -1.56. The quantitative estimate of drug-likeness (QED) is 0.852. The van der Waals surface area contributed by atoms with Crippen LogP contribution in [0.25, 0.3) is 0 Å². The summed E-state index contributed by atoms with van der Waals surface area (Å²) >= 11 is 1.46. The molecule has 0 spiro atoms. The van der Waals surface area contributed by atoms with Gasteiger partial charge in [0.15, 0.2) is 0 Å². The summed E-state index contributed by atoms with van der Waals surface area (Å²) in [6.45, 7) is 2.95. The Morgan fingerprint density at radius 2 is 2.12 bits per heavy atom. The summed E-state index contributed by atoms with van der Waals surface area (Å²) in [4.78, 5) is 23.8. The lowest BCUT2D eigenvalue weighted by atomic mass is 10.1. The molecular weight excluding hydrogens is 228 g/mol. The number of carboxylic acids is 1. The smallest absolute Gasteiger partial charge is 0.329 e. The zero-order valence-corrected chi connectivity index (χ0v) is 10.2. The molecule has 0 radical (unpaired) electrons. The van der Waals surface area contributed by atoms with Crippen LogP contribution in [-0.4, -0.2) is 34.6 Å². The number of carbonyl (C=O) groups is 2. The van der Waals surface area contributed by atoms with E-state index in [1.165, 1.54) is 32.2 Å². The molecule has 0 aromatic carbocycles. The van der Waals surface area contributed by atoms with Crippen LogP contribution in [0.3, 0.4) is 0 Å². The van der Waals surface area contributed by atoms with E-state index >= 15 is 0 Å². The fourth-order valence-electron chi connectivity index (χ4n) is 0.940. The number of carboxylic acid groups (broad SMARTS) is 1. The van der Waals surface area contributed by atoms with E-state index < -0.39 is 17.5 Å². The van der Waals surface area contributed by atoms with Gasteiger partial charge >= 0.3 is 12.0 Å². The van der Waals surface area contributed by atoms with Crippen molar-refractivity contribution in [3.05, 3.63) is 16.8 Å². The molecule has 1 rings (SSSR count). The molecule has 0 aliphatic carbocycles. The van der Waals surface area contributed by atoms with Crippen molar-refractivity contribution in [1.82, 2.24) is 4.90 Å². The predicted octanol–water partition coefficient (Wildman–Crippen LogP) is 2.07. The third kappa shape index (κ3) is 2.52. The van der Waals surface area contributed by atoms with Crippen molar-refractivity contribution < 1.29 is 14.7 Å². The number of rotatable bonds is 3. The molecule has 0 saturated carbocycles. The van der Waals surface area contributed by atoms with Crippen molar-refractivity contribution in [3.63, 3.8) is 0 Å². The number of thiophene rings is 1. The lowest BCUT2D eigenvalue weighted by Crippen LogP contribution is -2.52. The number of hydrogen-bond donors (Lipinski definition) is 2. The number of amides is 2. The molecule has 6 heteroatoms. The van der Waals surface area contributed by atoms with Gasteiger partial charge in [0.25, 0.3) is 0 Å². The molecular formula is C10H14N2O3S. The van der Waals surface area contributed by atoms with Crippen molar-refractivity contribution in [2.45, 2.75) is 19.4 Å². The predicted molar refractivity (Wildman–Crippen MR) is 62.8 cm³/mol. The van der Waals surface area contributed by atoms with Gasteiger partial charge in [-0.3, -0.25) is 0 Å². The number of urea groups is 1. The van der Waals surface area contributed by atoms with Crippen molar-refractivity contribution in [2.24, 2.45) is 0 Å². The van der Waals surface area contributed by atoms with E-state index in [-0.39, 0.29) is 0 Å². The number of likely N-dealkylation sites (N-methyl/N-ethyl adjacent to an activating group) is 1. The van der Waals surface area contributed by atoms with E-state index in [1.54, 1.807) is 11.4 Å². The fraction of sp³-hybridized carbons (Fsp3) is 0.400. The van der Waals surface area contributed by atoms with Crippen molar-refractivity contribution in [3.8, 4) is 0 Å². The van der Waals surface area contributed by atoms with E-state index in [9.17, 15) is 9.59 Å². The summed E-state index contributed by atoms with van der Waals surface area (Å²) < 4.78 is 0. The molecule has 0 atom stereocenters.